The minimum atomic E-state index is 0.0722. The van der Waals surface area contributed by atoms with E-state index in [2.05, 4.69) is 17.1 Å². The lowest BCUT2D eigenvalue weighted by atomic mass is 10.0. The summed E-state index contributed by atoms with van der Waals surface area (Å²) >= 11 is 0. The maximum atomic E-state index is 10.0. The van der Waals surface area contributed by atoms with Crippen molar-refractivity contribution in [1.82, 2.24) is 0 Å². The van der Waals surface area contributed by atoms with Gasteiger partial charge in [-0.05, 0) is 18.2 Å². The Morgan fingerprint density at radius 1 is 1.40 bits per heavy atom. The Hall–Kier alpha value is -2.16. The lowest BCUT2D eigenvalue weighted by Crippen LogP contribution is -1.84. The highest BCUT2D eigenvalue weighted by molar-refractivity contribution is 6.04. The fourth-order valence-corrected chi connectivity index (χ4v) is 1.61. The quantitative estimate of drug-likeness (QED) is 0.718. The van der Waals surface area contributed by atoms with Crippen LogP contribution in [0, 0.1) is 5.40 Å². The van der Waals surface area contributed by atoms with Gasteiger partial charge >= 0.3 is 0 Å². The Labute approximate surface area is 88.7 Å². The molecule has 3 nitrogen and oxygen atoms in total. The van der Waals surface area contributed by atoms with Crippen LogP contribution in [0.25, 0.3) is 10.8 Å². The number of rotatable bonds is 2. The highest BCUT2D eigenvalue weighted by atomic mass is 16.3. The van der Waals surface area contributed by atoms with Gasteiger partial charge in [0.25, 0.3) is 0 Å². The third kappa shape index (κ3) is 1.38. The number of phenols is 1. The summed E-state index contributed by atoms with van der Waals surface area (Å²) in [6, 6.07) is 9.06. The summed E-state index contributed by atoms with van der Waals surface area (Å²) in [5.41, 5.74) is 1.12. The molecule has 2 aromatic rings. The number of nitrogens with zero attached hydrogens (tertiary/aromatic N) is 1. The van der Waals surface area contributed by atoms with Crippen LogP contribution >= 0.6 is 0 Å². The molecule has 0 saturated heterocycles. The van der Waals surface area contributed by atoms with Crippen LogP contribution in [0.3, 0.4) is 0 Å². The van der Waals surface area contributed by atoms with Crippen molar-refractivity contribution < 1.29 is 6.52 Å². The lowest BCUT2D eigenvalue weighted by Gasteiger charge is -2.06. The summed E-state index contributed by atoms with van der Waals surface area (Å²) in [4.78, 5) is 3.73. The van der Waals surface area contributed by atoms with E-state index in [-0.39, 0.29) is 5.75 Å². The number of phenolic OH excluding ortho intramolecular Hbond substituents is 1. The van der Waals surface area contributed by atoms with Gasteiger partial charge in [-0.15, -0.1) is 0 Å². The van der Waals surface area contributed by atoms with Gasteiger partial charge in [0.15, 0.2) is 1.41 Å². The molecule has 0 aromatic heterocycles. The second-order valence-electron chi connectivity index (χ2n) is 3.17. The zero-order chi connectivity index (χ0) is 11.5. The molecule has 0 heterocycles. The molecule has 0 radical (unpaired) electrons. The highest BCUT2D eigenvalue weighted by Crippen LogP contribution is 2.35. The second-order valence-corrected chi connectivity index (χ2v) is 3.17. The summed E-state index contributed by atoms with van der Waals surface area (Å²) in [5, 5.41) is 14.7. The molecule has 2 N–H and O–H groups in total. The van der Waals surface area contributed by atoms with Crippen LogP contribution in [0.1, 0.15) is 5.56 Å². The van der Waals surface area contributed by atoms with E-state index >= 15 is 0 Å². The van der Waals surface area contributed by atoms with E-state index in [4.69, 9.17) is 1.41 Å². The van der Waals surface area contributed by atoms with Crippen molar-refractivity contribution in [2.75, 3.05) is 0 Å². The SMILES string of the molecule is [2H]N=Cc1cccc2ccc(N=C)c(O)c12. The summed E-state index contributed by atoms with van der Waals surface area (Å²) in [6.07, 6.45) is 1.38. The zero-order valence-electron chi connectivity index (χ0n) is 9.01. The van der Waals surface area contributed by atoms with E-state index in [1.807, 2.05) is 18.2 Å². The van der Waals surface area contributed by atoms with E-state index in [0.29, 0.717) is 16.6 Å². The van der Waals surface area contributed by atoms with Gasteiger partial charge in [-0.1, -0.05) is 24.3 Å². The molecule has 74 valence electrons. The standard InChI is InChI=1S/C12H10N2O/c1-14-10-6-5-8-3-2-4-9(7-13)11(8)12(10)15/h2-7,13,15H,1H2/i/hD. The van der Waals surface area contributed by atoms with Crippen LogP contribution < -0.4 is 0 Å². The molecule has 0 saturated carbocycles. The molecule has 15 heavy (non-hydrogen) atoms. The summed E-state index contributed by atoms with van der Waals surface area (Å²) in [7, 11) is 0. The molecule has 0 unspecified atom stereocenters. The minimum Gasteiger partial charge on any atom is -0.505 e. The third-order valence-electron chi connectivity index (χ3n) is 2.34. The van der Waals surface area contributed by atoms with Crippen LogP contribution in [-0.2, 0) is 0 Å². The van der Waals surface area contributed by atoms with Gasteiger partial charge in [-0.2, -0.15) is 0 Å². The summed E-state index contributed by atoms with van der Waals surface area (Å²) in [6.45, 7) is 3.39. The zero-order valence-corrected chi connectivity index (χ0v) is 8.01. The molecule has 0 amide bonds. The van der Waals surface area contributed by atoms with E-state index in [1.165, 1.54) is 6.21 Å². The van der Waals surface area contributed by atoms with E-state index in [1.54, 1.807) is 12.1 Å². The summed E-state index contributed by atoms with van der Waals surface area (Å²) < 4.78 is 6.84. The highest BCUT2D eigenvalue weighted by Gasteiger charge is 2.07. The fraction of sp³-hybridized carbons (Fsp3) is 0. The molecular weight excluding hydrogens is 188 g/mol. The third-order valence-corrected chi connectivity index (χ3v) is 2.34. The van der Waals surface area contributed by atoms with Crippen molar-refractivity contribution in [3.63, 3.8) is 0 Å². The maximum Gasteiger partial charge on any atom is 0.187 e. The normalized spacial score (nSPS) is 11.9. The van der Waals surface area contributed by atoms with Gasteiger partial charge in [0.05, 0.1) is 0 Å². The molecule has 0 spiro atoms. The Morgan fingerprint density at radius 2 is 2.27 bits per heavy atom. The van der Waals surface area contributed by atoms with E-state index in [0.717, 1.165) is 5.39 Å². The van der Waals surface area contributed by atoms with Gasteiger partial charge < -0.3 is 10.5 Å². The first-order valence-corrected chi connectivity index (χ1v) is 4.47. The molecular formula is C12H10N2O. The second kappa shape index (κ2) is 3.53. The van der Waals surface area contributed by atoms with Crippen LogP contribution in [0.4, 0.5) is 5.69 Å². The van der Waals surface area contributed by atoms with E-state index in [9.17, 15) is 5.11 Å². The fourth-order valence-electron chi connectivity index (χ4n) is 1.61. The predicted octanol–water partition coefficient (Wildman–Crippen LogP) is 2.88. The number of nitrogens with one attached hydrogen (secondary N) is 1. The average molecular weight is 199 g/mol. The first-order chi connectivity index (χ1) is 7.77. The molecule has 0 bridgehead atoms. The molecule has 0 fully saturated rings. The monoisotopic (exact) mass is 199 g/mol. The number of benzene rings is 2. The number of hydrogen-bond donors (Lipinski definition) is 2. The lowest BCUT2D eigenvalue weighted by molar-refractivity contribution is 0.483. The number of aromatic hydroxyl groups is 1. The maximum absolute atomic E-state index is 10.0. The van der Waals surface area contributed by atoms with E-state index < -0.39 is 0 Å². The molecule has 0 aliphatic carbocycles. The topological polar surface area (TPSA) is 56.4 Å². The van der Waals surface area contributed by atoms with Crippen LogP contribution in [0.5, 0.6) is 5.75 Å². The van der Waals surface area contributed by atoms with Gasteiger partial charge in [0.1, 0.15) is 11.4 Å². The van der Waals surface area contributed by atoms with Crippen molar-refractivity contribution in [3.05, 3.63) is 35.9 Å². The van der Waals surface area contributed by atoms with Crippen molar-refractivity contribution in [3.8, 4) is 5.75 Å². The molecule has 0 atom stereocenters. The number of aliphatic imine (C=N–C) groups is 1. The Morgan fingerprint density at radius 3 is 3.00 bits per heavy atom. The van der Waals surface area contributed by atoms with Crippen LogP contribution in [0.15, 0.2) is 35.3 Å². The number of fused-ring (bicyclic) bond motifs is 1. The Balaban J connectivity index is 2.87. The van der Waals surface area contributed by atoms with Gasteiger partial charge in [0, 0.05) is 17.2 Å². The molecule has 0 aliphatic heterocycles. The van der Waals surface area contributed by atoms with Crippen molar-refractivity contribution in [2.45, 2.75) is 0 Å². The number of hydrogen-bond acceptors (Lipinski definition) is 3. The van der Waals surface area contributed by atoms with Crippen LogP contribution in [-0.4, -0.2) is 18.0 Å². The van der Waals surface area contributed by atoms with Crippen molar-refractivity contribution in [1.29, 1.82) is 5.40 Å². The predicted molar refractivity (Wildman–Crippen MR) is 62.7 cm³/mol. The van der Waals surface area contributed by atoms with Crippen molar-refractivity contribution in [2.24, 2.45) is 4.99 Å². The molecule has 2 aromatic carbocycles. The minimum absolute atomic E-state index is 0.0722. The first kappa shape index (κ1) is 8.17. The Kier molecular flexibility index (Phi) is 1.93. The van der Waals surface area contributed by atoms with Gasteiger partial charge in [0.2, 0.25) is 0 Å². The molecule has 3 heteroatoms. The Bertz CT molecular complexity index is 578. The molecule has 2 rings (SSSR count). The molecule has 0 aliphatic rings. The van der Waals surface area contributed by atoms with Crippen LogP contribution in [0.2, 0.25) is 1.41 Å². The largest absolute Gasteiger partial charge is 0.505 e. The first-order valence-electron chi connectivity index (χ1n) is 4.91. The average Bonchev–Trinajstić information content (AvgIpc) is 2.30. The van der Waals surface area contributed by atoms with Crippen molar-refractivity contribution >= 4 is 29.4 Å². The van der Waals surface area contributed by atoms with Gasteiger partial charge in [-0.3, -0.25) is 4.99 Å². The summed E-state index contributed by atoms with van der Waals surface area (Å²) in [5.74, 6) is 0.0722. The smallest absolute Gasteiger partial charge is 0.187 e. The van der Waals surface area contributed by atoms with Gasteiger partial charge in [-0.25, -0.2) is 0 Å².